The highest BCUT2D eigenvalue weighted by Crippen LogP contribution is 2.24. The fourth-order valence-corrected chi connectivity index (χ4v) is 2.19. The van der Waals surface area contributed by atoms with Crippen LogP contribution in [-0.4, -0.2) is 15.6 Å². The Morgan fingerprint density at radius 1 is 1.28 bits per heavy atom. The molecular formula is C14H14FNO2. The molecule has 0 atom stereocenters. The molecule has 0 aliphatic carbocycles. The normalized spacial score (nSPS) is 10.7. The summed E-state index contributed by atoms with van der Waals surface area (Å²) in [5.41, 5.74) is 2.82. The van der Waals surface area contributed by atoms with E-state index in [1.165, 1.54) is 6.07 Å². The summed E-state index contributed by atoms with van der Waals surface area (Å²) in [7, 11) is 0. The first-order valence-electron chi connectivity index (χ1n) is 5.61. The highest BCUT2D eigenvalue weighted by Gasteiger charge is 2.17. The first-order valence-corrected chi connectivity index (χ1v) is 5.61. The second kappa shape index (κ2) is 4.29. The maximum atomic E-state index is 13.6. The molecule has 1 N–H and O–H groups in total. The first kappa shape index (κ1) is 12.4. The molecule has 0 aliphatic rings. The van der Waals surface area contributed by atoms with E-state index in [0.29, 0.717) is 16.9 Å². The van der Waals surface area contributed by atoms with Crippen LogP contribution in [-0.2, 0) is 0 Å². The van der Waals surface area contributed by atoms with Crippen molar-refractivity contribution in [2.24, 2.45) is 0 Å². The average Bonchev–Trinajstić information content (AvgIpc) is 2.59. The summed E-state index contributed by atoms with van der Waals surface area (Å²) in [4.78, 5) is 11.1. The Kier molecular flexibility index (Phi) is 2.95. The number of carboxylic acids is 1. The Balaban J connectivity index is 2.72. The maximum absolute atomic E-state index is 13.6. The van der Waals surface area contributed by atoms with Gasteiger partial charge in [0.1, 0.15) is 5.82 Å². The van der Waals surface area contributed by atoms with Gasteiger partial charge in [0, 0.05) is 17.0 Å². The van der Waals surface area contributed by atoms with E-state index in [9.17, 15) is 9.18 Å². The van der Waals surface area contributed by atoms with Crippen molar-refractivity contribution < 1.29 is 14.3 Å². The van der Waals surface area contributed by atoms with Crippen LogP contribution in [0, 0.1) is 26.6 Å². The number of nitrogens with zero attached hydrogens (tertiary/aromatic N) is 1. The minimum Gasteiger partial charge on any atom is -0.478 e. The van der Waals surface area contributed by atoms with E-state index in [-0.39, 0.29) is 11.4 Å². The van der Waals surface area contributed by atoms with Gasteiger partial charge >= 0.3 is 5.97 Å². The van der Waals surface area contributed by atoms with Gasteiger partial charge in [-0.1, -0.05) is 6.07 Å². The third kappa shape index (κ3) is 1.79. The van der Waals surface area contributed by atoms with Crippen molar-refractivity contribution in [3.63, 3.8) is 0 Å². The second-order valence-corrected chi connectivity index (χ2v) is 4.31. The van der Waals surface area contributed by atoms with Gasteiger partial charge in [0.05, 0.1) is 11.3 Å². The van der Waals surface area contributed by atoms with E-state index >= 15 is 0 Å². The number of hydrogen-bond donors (Lipinski definition) is 1. The van der Waals surface area contributed by atoms with Crippen molar-refractivity contribution in [3.8, 4) is 5.69 Å². The summed E-state index contributed by atoms with van der Waals surface area (Å²) in [5, 5.41) is 9.09. The third-order valence-electron chi connectivity index (χ3n) is 3.14. The standard InChI is InChI=1S/C14H14FNO2/c1-8-7-11(14(17)18)10(3)16(8)13-6-4-5-12(15)9(13)2/h4-7H,1-3H3,(H,17,18). The van der Waals surface area contributed by atoms with Crippen LogP contribution in [0.1, 0.15) is 27.3 Å². The highest BCUT2D eigenvalue weighted by molar-refractivity contribution is 5.89. The summed E-state index contributed by atoms with van der Waals surface area (Å²) in [6, 6.07) is 6.40. The summed E-state index contributed by atoms with van der Waals surface area (Å²) in [5.74, 6) is -1.26. The number of aromatic carboxylic acids is 1. The minimum absolute atomic E-state index is 0.246. The second-order valence-electron chi connectivity index (χ2n) is 4.31. The molecule has 0 saturated carbocycles. The van der Waals surface area contributed by atoms with Crippen LogP contribution in [0.4, 0.5) is 4.39 Å². The van der Waals surface area contributed by atoms with Crippen molar-refractivity contribution in [3.05, 3.63) is 52.6 Å². The monoisotopic (exact) mass is 247 g/mol. The number of aryl methyl sites for hydroxylation is 1. The number of carboxylic acid groups (broad SMARTS) is 1. The molecule has 2 rings (SSSR count). The molecule has 0 aliphatic heterocycles. The molecule has 1 heterocycles. The smallest absolute Gasteiger partial charge is 0.337 e. The lowest BCUT2D eigenvalue weighted by Crippen LogP contribution is -2.04. The van der Waals surface area contributed by atoms with E-state index in [4.69, 9.17) is 5.11 Å². The van der Waals surface area contributed by atoms with Crippen LogP contribution >= 0.6 is 0 Å². The number of hydrogen-bond acceptors (Lipinski definition) is 1. The van der Waals surface area contributed by atoms with Gasteiger partial charge in [-0.05, 0) is 39.0 Å². The molecule has 0 radical (unpaired) electrons. The lowest BCUT2D eigenvalue weighted by atomic mass is 10.2. The van der Waals surface area contributed by atoms with Gasteiger partial charge in [-0.15, -0.1) is 0 Å². The van der Waals surface area contributed by atoms with Gasteiger partial charge in [-0.2, -0.15) is 0 Å². The van der Waals surface area contributed by atoms with Gasteiger partial charge in [-0.3, -0.25) is 0 Å². The summed E-state index contributed by atoms with van der Waals surface area (Å²) >= 11 is 0. The molecule has 4 heteroatoms. The van der Waals surface area contributed by atoms with E-state index in [1.54, 1.807) is 36.6 Å². The van der Waals surface area contributed by atoms with Gasteiger partial charge in [0.15, 0.2) is 0 Å². The first-order chi connectivity index (χ1) is 8.43. The van der Waals surface area contributed by atoms with Crippen LogP contribution in [0.5, 0.6) is 0 Å². The van der Waals surface area contributed by atoms with Crippen molar-refractivity contribution in [1.82, 2.24) is 4.57 Å². The maximum Gasteiger partial charge on any atom is 0.337 e. The molecule has 0 spiro atoms. The molecule has 3 nitrogen and oxygen atoms in total. The fraction of sp³-hybridized carbons (Fsp3) is 0.214. The Labute approximate surface area is 104 Å². The van der Waals surface area contributed by atoms with Crippen molar-refractivity contribution in [2.75, 3.05) is 0 Å². The molecule has 1 aromatic carbocycles. The van der Waals surface area contributed by atoms with E-state index < -0.39 is 5.97 Å². The number of aromatic nitrogens is 1. The highest BCUT2D eigenvalue weighted by atomic mass is 19.1. The zero-order chi connectivity index (χ0) is 13.4. The fourth-order valence-electron chi connectivity index (χ4n) is 2.19. The Morgan fingerprint density at radius 2 is 1.94 bits per heavy atom. The molecule has 0 bridgehead atoms. The number of benzene rings is 1. The van der Waals surface area contributed by atoms with Gasteiger partial charge in [0.2, 0.25) is 0 Å². The molecule has 18 heavy (non-hydrogen) atoms. The molecule has 0 unspecified atom stereocenters. The lowest BCUT2D eigenvalue weighted by Gasteiger charge is -2.13. The SMILES string of the molecule is Cc1c(F)cccc1-n1c(C)cc(C(=O)O)c1C. The van der Waals surface area contributed by atoms with Crippen LogP contribution in [0.15, 0.2) is 24.3 Å². The molecule has 2 aromatic rings. The molecule has 94 valence electrons. The Morgan fingerprint density at radius 3 is 2.50 bits per heavy atom. The number of rotatable bonds is 2. The summed E-state index contributed by atoms with van der Waals surface area (Å²) < 4.78 is 15.3. The minimum atomic E-state index is -0.969. The average molecular weight is 247 g/mol. The molecule has 0 fully saturated rings. The number of halogens is 1. The molecule has 1 aromatic heterocycles. The van der Waals surface area contributed by atoms with Gasteiger partial charge in [0.25, 0.3) is 0 Å². The largest absolute Gasteiger partial charge is 0.478 e. The molecule has 0 amide bonds. The van der Waals surface area contributed by atoms with Crippen molar-refractivity contribution in [2.45, 2.75) is 20.8 Å². The van der Waals surface area contributed by atoms with Crippen LogP contribution < -0.4 is 0 Å². The molecule has 0 saturated heterocycles. The van der Waals surface area contributed by atoms with E-state index in [1.807, 2.05) is 6.92 Å². The van der Waals surface area contributed by atoms with Gasteiger partial charge in [-0.25, -0.2) is 9.18 Å². The van der Waals surface area contributed by atoms with E-state index in [2.05, 4.69) is 0 Å². The van der Waals surface area contributed by atoms with Gasteiger partial charge < -0.3 is 9.67 Å². The van der Waals surface area contributed by atoms with Crippen molar-refractivity contribution >= 4 is 5.97 Å². The Hall–Kier alpha value is -2.10. The predicted molar refractivity (Wildman–Crippen MR) is 66.9 cm³/mol. The summed E-state index contributed by atoms with van der Waals surface area (Å²) in [6.45, 7) is 5.22. The number of carbonyl (C=O) groups is 1. The lowest BCUT2D eigenvalue weighted by molar-refractivity contribution is 0.0696. The Bertz CT molecular complexity index is 629. The van der Waals surface area contributed by atoms with Crippen LogP contribution in [0.3, 0.4) is 0 Å². The van der Waals surface area contributed by atoms with Crippen molar-refractivity contribution in [1.29, 1.82) is 0 Å². The van der Waals surface area contributed by atoms with E-state index in [0.717, 1.165) is 5.69 Å². The summed E-state index contributed by atoms with van der Waals surface area (Å²) in [6.07, 6.45) is 0. The predicted octanol–water partition coefficient (Wildman–Crippen LogP) is 3.24. The zero-order valence-corrected chi connectivity index (χ0v) is 10.5. The third-order valence-corrected chi connectivity index (χ3v) is 3.14. The quantitative estimate of drug-likeness (QED) is 0.885. The topological polar surface area (TPSA) is 42.2 Å². The zero-order valence-electron chi connectivity index (χ0n) is 10.5. The van der Waals surface area contributed by atoms with Crippen LogP contribution in [0.25, 0.3) is 5.69 Å². The van der Waals surface area contributed by atoms with Crippen LogP contribution in [0.2, 0.25) is 0 Å². The molecular weight excluding hydrogens is 233 g/mol.